The van der Waals surface area contributed by atoms with Gasteiger partial charge in [-0.2, -0.15) is 0 Å². The summed E-state index contributed by atoms with van der Waals surface area (Å²) in [4.78, 5) is 13.5. The van der Waals surface area contributed by atoms with Crippen molar-refractivity contribution >= 4 is 30.1 Å². The second kappa shape index (κ2) is 6.30. The molecule has 0 N–H and O–H groups in total. The van der Waals surface area contributed by atoms with E-state index < -0.39 is 0 Å². The van der Waals surface area contributed by atoms with Crippen LogP contribution in [-0.4, -0.2) is 25.7 Å². The topological polar surface area (TPSA) is 29.5 Å². The fourth-order valence-corrected chi connectivity index (χ4v) is 1.83. The fraction of sp³-hybridized carbons (Fsp3) is 0.308. The number of fused-ring (bicyclic) bond motifs is 1. The summed E-state index contributed by atoms with van der Waals surface area (Å²) in [6, 6.07) is 8.05. The Morgan fingerprint density at radius 1 is 1.41 bits per heavy atom. The molecule has 0 saturated carbocycles. The Morgan fingerprint density at radius 3 is 2.94 bits per heavy atom. The summed E-state index contributed by atoms with van der Waals surface area (Å²) in [5.41, 5.74) is 2.25. The lowest BCUT2D eigenvalue weighted by Crippen LogP contribution is -2.32. The van der Waals surface area contributed by atoms with Crippen molar-refractivity contribution in [1.82, 2.24) is 0 Å². The molecule has 0 amide bonds. The number of rotatable bonds is 3. The number of hydrogen-bond acceptors (Lipinski definition) is 3. The second-order valence-electron chi connectivity index (χ2n) is 3.65. The number of benzene rings is 1. The van der Waals surface area contributed by atoms with E-state index in [1.165, 1.54) is 0 Å². The molecule has 4 heteroatoms. The number of para-hydroxylation sites is 1. The molecule has 0 aliphatic carbocycles. The zero-order chi connectivity index (χ0) is 11.4. The molecule has 92 valence electrons. The van der Waals surface area contributed by atoms with E-state index in [1.807, 2.05) is 36.1 Å². The van der Waals surface area contributed by atoms with Gasteiger partial charge in [-0.1, -0.05) is 30.4 Å². The zero-order valence-electron chi connectivity index (χ0n) is 9.76. The maximum absolute atomic E-state index is 11.4. The molecule has 1 aromatic rings. The number of anilines is 1. The van der Waals surface area contributed by atoms with E-state index >= 15 is 0 Å². The number of ether oxygens (including phenoxy) is 1. The third-order valence-corrected chi connectivity index (χ3v) is 2.53. The molecule has 0 unspecified atom stereocenters. The van der Waals surface area contributed by atoms with Crippen molar-refractivity contribution < 1.29 is 9.53 Å². The third-order valence-electron chi connectivity index (χ3n) is 2.53. The van der Waals surface area contributed by atoms with Crippen molar-refractivity contribution in [2.45, 2.75) is 6.92 Å². The Kier molecular flexibility index (Phi) is 5.04. The normalized spacial score (nSPS) is 12.6. The van der Waals surface area contributed by atoms with E-state index in [0.29, 0.717) is 13.2 Å². The van der Waals surface area contributed by atoms with Gasteiger partial charge in [0.1, 0.15) is 6.54 Å². The molecule has 1 aliphatic rings. The molecule has 0 bridgehead atoms. The SMILES string of the molecule is CCOC(=O)CN1CC=Cc2ccccc21.Cl. The van der Waals surface area contributed by atoms with Crippen molar-refractivity contribution in [3.05, 3.63) is 35.9 Å². The van der Waals surface area contributed by atoms with Crippen LogP contribution >= 0.6 is 12.4 Å². The van der Waals surface area contributed by atoms with Crippen LogP contribution in [0.5, 0.6) is 0 Å². The van der Waals surface area contributed by atoms with Crippen LogP contribution in [0.4, 0.5) is 5.69 Å². The van der Waals surface area contributed by atoms with Crippen LogP contribution in [0, 0.1) is 0 Å². The lowest BCUT2D eigenvalue weighted by atomic mass is 10.1. The minimum atomic E-state index is -0.174. The van der Waals surface area contributed by atoms with Crippen LogP contribution in [0.3, 0.4) is 0 Å². The Hall–Kier alpha value is -1.48. The molecule has 0 saturated heterocycles. The predicted molar refractivity (Wildman–Crippen MR) is 71.6 cm³/mol. The highest BCUT2D eigenvalue weighted by atomic mass is 35.5. The van der Waals surface area contributed by atoms with E-state index in [1.54, 1.807) is 0 Å². The summed E-state index contributed by atoms with van der Waals surface area (Å²) >= 11 is 0. The highest BCUT2D eigenvalue weighted by Gasteiger charge is 2.15. The maximum atomic E-state index is 11.4. The molecule has 0 radical (unpaired) electrons. The predicted octanol–water partition coefficient (Wildman–Crippen LogP) is 2.50. The Balaban J connectivity index is 0.00000144. The van der Waals surface area contributed by atoms with Gasteiger partial charge in [0.15, 0.2) is 0 Å². The number of hydrogen-bond donors (Lipinski definition) is 0. The minimum Gasteiger partial charge on any atom is -0.465 e. The second-order valence-corrected chi connectivity index (χ2v) is 3.65. The molecule has 0 fully saturated rings. The first-order valence-electron chi connectivity index (χ1n) is 5.47. The van der Waals surface area contributed by atoms with Gasteiger partial charge < -0.3 is 9.64 Å². The van der Waals surface area contributed by atoms with Crippen LogP contribution in [0.15, 0.2) is 30.3 Å². The van der Waals surface area contributed by atoms with Crippen molar-refractivity contribution in [2.75, 3.05) is 24.6 Å². The molecule has 3 nitrogen and oxygen atoms in total. The van der Waals surface area contributed by atoms with Crippen molar-refractivity contribution in [2.24, 2.45) is 0 Å². The number of halogens is 1. The minimum absolute atomic E-state index is 0. The van der Waals surface area contributed by atoms with E-state index in [-0.39, 0.29) is 18.4 Å². The third kappa shape index (κ3) is 3.24. The number of nitrogens with zero attached hydrogens (tertiary/aromatic N) is 1. The first-order valence-corrected chi connectivity index (χ1v) is 5.47. The highest BCUT2D eigenvalue weighted by Crippen LogP contribution is 2.24. The van der Waals surface area contributed by atoms with Crippen LogP contribution in [-0.2, 0) is 9.53 Å². The molecule has 0 atom stereocenters. The number of esters is 1. The molecule has 1 aliphatic heterocycles. The van der Waals surface area contributed by atoms with Gasteiger partial charge in [0.05, 0.1) is 6.61 Å². The molecule has 1 aromatic carbocycles. The summed E-state index contributed by atoms with van der Waals surface area (Å²) in [5.74, 6) is -0.174. The van der Waals surface area contributed by atoms with Gasteiger partial charge in [-0.15, -0.1) is 12.4 Å². The molecular weight excluding hydrogens is 238 g/mol. The van der Waals surface area contributed by atoms with Gasteiger partial charge in [0.25, 0.3) is 0 Å². The van der Waals surface area contributed by atoms with Gasteiger partial charge in [0.2, 0.25) is 0 Å². The Morgan fingerprint density at radius 2 is 2.18 bits per heavy atom. The van der Waals surface area contributed by atoms with Gasteiger partial charge >= 0.3 is 5.97 Å². The van der Waals surface area contributed by atoms with Gasteiger partial charge in [-0.05, 0) is 18.6 Å². The lowest BCUT2D eigenvalue weighted by molar-refractivity contribution is -0.141. The van der Waals surface area contributed by atoms with E-state index in [2.05, 4.69) is 12.2 Å². The molecule has 0 aromatic heterocycles. The number of carbonyl (C=O) groups is 1. The van der Waals surface area contributed by atoms with Crippen LogP contribution < -0.4 is 4.90 Å². The van der Waals surface area contributed by atoms with E-state index in [4.69, 9.17) is 4.74 Å². The Labute approximate surface area is 107 Å². The first-order chi connectivity index (χ1) is 7.81. The molecule has 2 rings (SSSR count). The van der Waals surface area contributed by atoms with E-state index in [0.717, 1.165) is 17.8 Å². The van der Waals surface area contributed by atoms with Crippen LogP contribution in [0.25, 0.3) is 6.08 Å². The number of carbonyl (C=O) groups excluding carboxylic acids is 1. The van der Waals surface area contributed by atoms with Crippen molar-refractivity contribution in [3.8, 4) is 0 Å². The van der Waals surface area contributed by atoms with E-state index in [9.17, 15) is 4.79 Å². The largest absolute Gasteiger partial charge is 0.465 e. The molecular formula is C13H16ClNO2. The van der Waals surface area contributed by atoms with Gasteiger partial charge in [-0.25, -0.2) is 0 Å². The molecule has 1 heterocycles. The fourth-order valence-electron chi connectivity index (χ4n) is 1.83. The quantitative estimate of drug-likeness (QED) is 0.776. The van der Waals surface area contributed by atoms with Gasteiger partial charge in [0, 0.05) is 12.2 Å². The monoisotopic (exact) mass is 253 g/mol. The van der Waals surface area contributed by atoms with Crippen LogP contribution in [0.2, 0.25) is 0 Å². The Bertz CT molecular complexity index is 418. The lowest BCUT2D eigenvalue weighted by Gasteiger charge is -2.26. The first kappa shape index (κ1) is 13.6. The molecule has 17 heavy (non-hydrogen) atoms. The maximum Gasteiger partial charge on any atom is 0.325 e. The van der Waals surface area contributed by atoms with Crippen molar-refractivity contribution in [1.29, 1.82) is 0 Å². The van der Waals surface area contributed by atoms with Crippen molar-refractivity contribution in [3.63, 3.8) is 0 Å². The summed E-state index contributed by atoms with van der Waals surface area (Å²) in [5, 5.41) is 0. The summed E-state index contributed by atoms with van der Waals surface area (Å²) in [6.45, 7) is 3.33. The summed E-state index contributed by atoms with van der Waals surface area (Å²) < 4.78 is 4.95. The summed E-state index contributed by atoms with van der Waals surface area (Å²) in [7, 11) is 0. The standard InChI is InChI=1S/C13H15NO2.ClH/c1-2-16-13(15)10-14-9-5-7-11-6-3-4-8-12(11)14;/h3-8H,2,9-10H2,1H3;1H. The molecule has 0 spiro atoms. The highest BCUT2D eigenvalue weighted by molar-refractivity contribution is 5.85. The average molecular weight is 254 g/mol. The zero-order valence-corrected chi connectivity index (χ0v) is 10.6. The summed E-state index contributed by atoms with van der Waals surface area (Å²) in [6.07, 6.45) is 4.14. The van der Waals surface area contributed by atoms with Crippen LogP contribution in [0.1, 0.15) is 12.5 Å². The smallest absolute Gasteiger partial charge is 0.325 e. The van der Waals surface area contributed by atoms with Gasteiger partial charge in [-0.3, -0.25) is 4.79 Å². The average Bonchev–Trinajstić information content (AvgIpc) is 2.30.